The summed E-state index contributed by atoms with van der Waals surface area (Å²) in [6.07, 6.45) is 1.58. The molecule has 0 heterocycles. The fourth-order valence-corrected chi connectivity index (χ4v) is 3.11. The van der Waals surface area contributed by atoms with Crippen LogP contribution in [0.15, 0.2) is 23.1 Å². The summed E-state index contributed by atoms with van der Waals surface area (Å²) in [7, 11) is -3.68. The number of sulfonamides is 1. The molecule has 0 bridgehead atoms. The van der Waals surface area contributed by atoms with E-state index in [0.29, 0.717) is 5.56 Å². The number of aryl methyl sites for hydroxylation is 1. The monoisotopic (exact) mass is 270 g/mol. The normalized spacial score (nSPS) is 17.4. The van der Waals surface area contributed by atoms with Crippen molar-refractivity contribution in [1.82, 2.24) is 4.72 Å². The molecule has 6 nitrogen and oxygen atoms in total. The zero-order chi connectivity index (χ0) is 13.6. The topological polar surface area (TPSA) is 89.3 Å². The highest BCUT2D eigenvalue weighted by Crippen LogP contribution is 2.36. The third-order valence-corrected chi connectivity index (χ3v) is 4.70. The number of nitro groups is 1. The van der Waals surface area contributed by atoms with Gasteiger partial charge in [0.05, 0.1) is 9.82 Å². The zero-order valence-corrected chi connectivity index (χ0v) is 11.0. The molecule has 7 heteroatoms. The third-order valence-electron chi connectivity index (χ3n) is 3.07. The van der Waals surface area contributed by atoms with Gasteiger partial charge < -0.3 is 0 Å². The van der Waals surface area contributed by atoms with E-state index in [-0.39, 0.29) is 10.6 Å². The van der Waals surface area contributed by atoms with Gasteiger partial charge in [-0.3, -0.25) is 10.1 Å². The molecule has 0 saturated heterocycles. The summed E-state index contributed by atoms with van der Waals surface area (Å²) < 4.78 is 26.6. The molecule has 18 heavy (non-hydrogen) atoms. The van der Waals surface area contributed by atoms with E-state index in [1.54, 1.807) is 6.92 Å². The first-order valence-corrected chi connectivity index (χ1v) is 7.01. The van der Waals surface area contributed by atoms with Crippen LogP contribution in [-0.2, 0) is 10.0 Å². The number of hydrogen-bond donors (Lipinski definition) is 1. The van der Waals surface area contributed by atoms with E-state index in [1.807, 2.05) is 6.92 Å². The largest absolute Gasteiger partial charge is 0.273 e. The van der Waals surface area contributed by atoms with Crippen molar-refractivity contribution in [2.24, 2.45) is 0 Å². The van der Waals surface area contributed by atoms with Crippen LogP contribution >= 0.6 is 0 Å². The number of benzene rings is 1. The van der Waals surface area contributed by atoms with Gasteiger partial charge in [0.25, 0.3) is 5.69 Å². The van der Waals surface area contributed by atoms with Crippen molar-refractivity contribution in [3.63, 3.8) is 0 Å². The molecular weight excluding hydrogens is 256 g/mol. The first kappa shape index (κ1) is 13.0. The average molecular weight is 270 g/mol. The number of rotatable bonds is 4. The van der Waals surface area contributed by atoms with Crippen LogP contribution in [0.1, 0.15) is 25.3 Å². The second-order valence-electron chi connectivity index (χ2n) is 4.87. The van der Waals surface area contributed by atoms with Crippen molar-refractivity contribution in [2.75, 3.05) is 0 Å². The second-order valence-corrected chi connectivity index (χ2v) is 6.55. The lowest BCUT2D eigenvalue weighted by Gasteiger charge is -2.12. The molecule has 1 aliphatic carbocycles. The van der Waals surface area contributed by atoms with Gasteiger partial charge >= 0.3 is 0 Å². The van der Waals surface area contributed by atoms with Gasteiger partial charge in [-0.25, -0.2) is 13.1 Å². The van der Waals surface area contributed by atoms with E-state index in [0.717, 1.165) is 18.9 Å². The van der Waals surface area contributed by atoms with Gasteiger partial charge in [0.15, 0.2) is 0 Å². The van der Waals surface area contributed by atoms with Gasteiger partial charge in [0, 0.05) is 17.2 Å². The quantitative estimate of drug-likeness (QED) is 0.666. The molecule has 0 unspecified atom stereocenters. The van der Waals surface area contributed by atoms with Crippen molar-refractivity contribution in [3.05, 3.63) is 33.9 Å². The Kier molecular flexibility index (Phi) is 2.90. The van der Waals surface area contributed by atoms with Gasteiger partial charge in [0.1, 0.15) is 0 Å². The smallest absolute Gasteiger partial charge is 0.258 e. The molecule has 0 aliphatic heterocycles. The third kappa shape index (κ3) is 2.51. The molecule has 0 radical (unpaired) electrons. The maximum atomic E-state index is 12.0. The zero-order valence-electron chi connectivity index (χ0n) is 10.1. The summed E-state index contributed by atoms with van der Waals surface area (Å²) in [5.41, 5.74) is -0.131. The fraction of sp³-hybridized carbons (Fsp3) is 0.455. The highest BCUT2D eigenvalue weighted by molar-refractivity contribution is 7.89. The minimum Gasteiger partial charge on any atom is -0.258 e. The average Bonchev–Trinajstić information content (AvgIpc) is 2.94. The summed E-state index contributed by atoms with van der Waals surface area (Å²) in [5.74, 6) is 0. The van der Waals surface area contributed by atoms with Crippen LogP contribution < -0.4 is 4.72 Å². The lowest BCUT2D eigenvalue weighted by molar-refractivity contribution is -0.385. The predicted octanol–water partition coefficient (Wildman–Crippen LogP) is 1.73. The predicted molar refractivity (Wildman–Crippen MR) is 65.8 cm³/mol. The number of hydrogen-bond acceptors (Lipinski definition) is 4. The molecule has 1 aromatic rings. The van der Waals surface area contributed by atoms with E-state index in [2.05, 4.69) is 4.72 Å². The Bertz CT molecular complexity index is 605. The van der Waals surface area contributed by atoms with Gasteiger partial charge in [-0.15, -0.1) is 0 Å². The molecule has 1 aromatic carbocycles. The summed E-state index contributed by atoms with van der Waals surface area (Å²) in [6, 6.07) is 3.93. The van der Waals surface area contributed by atoms with E-state index >= 15 is 0 Å². The Morgan fingerprint density at radius 1 is 1.39 bits per heavy atom. The Balaban J connectivity index is 2.39. The van der Waals surface area contributed by atoms with Gasteiger partial charge in [0.2, 0.25) is 10.0 Å². The molecule has 0 aromatic heterocycles. The van der Waals surface area contributed by atoms with Crippen LogP contribution in [0.25, 0.3) is 0 Å². The molecule has 0 atom stereocenters. The van der Waals surface area contributed by atoms with Crippen LogP contribution in [-0.4, -0.2) is 18.9 Å². The fourth-order valence-electron chi connectivity index (χ4n) is 1.63. The van der Waals surface area contributed by atoms with Gasteiger partial charge in [-0.05, 0) is 32.8 Å². The van der Waals surface area contributed by atoms with Crippen LogP contribution in [0.2, 0.25) is 0 Å². The molecule has 0 spiro atoms. The van der Waals surface area contributed by atoms with E-state index in [9.17, 15) is 18.5 Å². The minimum absolute atomic E-state index is 0.0621. The molecule has 1 saturated carbocycles. The van der Waals surface area contributed by atoms with Crippen LogP contribution in [0, 0.1) is 17.0 Å². The first-order valence-electron chi connectivity index (χ1n) is 5.53. The second kappa shape index (κ2) is 4.03. The Morgan fingerprint density at radius 3 is 2.50 bits per heavy atom. The van der Waals surface area contributed by atoms with Crippen molar-refractivity contribution >= 4 is 15.7 Å². The van der Waals surface area contributed by atoms with E-state index in [1.165, 1.54) is 12.1 Å². The summed E-state index contributed by atoms with van der Waals surface area (Å²) in [4.78, 5) is 10.2. The SMILES string of the molecule is Cc1ccc(S(=O)(=O)NC2(C)CC2)cc1[N+](=O)[O-]. The first-order chi connectivity index (χ1) is 8.23. The van der Waals surface area contributed by atoms with Gasteiger partial charge in [-0.2, -0.15) is 0 Å². The Morgan fingerprint density at radius 2 is 2.00 bits per heavy atom. The number of nitrogens with one attached hydrogen (secondary N) is 1. The molecular formula is C11H14N2O4S. The summed E-state index contributed by atoms with van der Waals surface area (Å²) >= 11 is 0. The molecule has 2 rings (SSSR count). The standard InChI is InChI=1S/C11H14N2O4S/c1-8-3-4-9(7-10(8)13(14)15)18(16,17)12-11(2)5-6-11/h3-4,7,12H,5-6H2,1-2H3. The highest BCUT2D eigenvalue weighted by Gasteiger charge is 2.41. The van der Waals surface area contributed by atoms with Crippen LogP contribution in [0.3, 0.4) is 0 Å². The lowest BCUT2D eigenvalue weighted by atomic mass is 10.2. The van der Waals surface area contributed by atoms with Crippen molar-refractivity contribution in [1.29, 1.82) is 0 Å². The highest BCUT2D eigenvalue weighted by atomic mass is 32.2. The van der Waals surface area contributed by atoms with Crippen molar-refractivity contribution < 1.29 is 13.3 Å². The van der Waals surface area contributed by atoms with E-state index < -0.39 is 20.5 Å². The Labute approximate surface area is 105 Å². The maximum absolute atomic E-state index is 12.0. The molecule has 1 N–H and O–H groups in total. The summed E-state index contributed by atoms with van der Waals surface area (Å²) in [6.45, 7) is 3.39. The van der Waals surface area contributed by atoms with Crippen molar-refractivity contribution in [2.45, 2.75) is 37.1 Å². The van der Waals surface area contributed by atoms with Gasteiger partial charge in [-0.1, -0.05) is 6.07 Å². The van der Waals surface area contributed by atoms with Crippen molar-refractivity contribution in [3.8, 4) is 0 Å². The minimum atomic E-state index is -3.68. The van der Waals surface area contributed by atoms with Crippen LogP contribution in [0.5, 0.6) is 0 Å². The lowest BCUT2D eigenvalue weighted by Crippen LogP contribution is -2.34. The maximum Gasteiger partial charge on any atom is 0.273 e. The van der Waals surface area contributed by atoms with Crippen LogP contribution in [0.4, 0.5) is 5.69 Å². The molecule has 1 fully saturated rings. The molecule has 98 valence electrons. The Hall–Kier alpha value is -1.47. The number of nitrogens with zero attached hydrogens (tertiary/aromatic N) is 1. The number of nitro benzene ring substituents is 1. The molecule has 1 aliphatic rings. The molecule has 0 amide bonds. The van der Waals surface area contributed by atoms with E-state index in [4.69, 9.17) is 0 Å². The summed E-state index contributed by atoms with van der Waals surface area (Å²) in [5, 5.41) is 10.8.